The number of nitrogens with zero attached hydrogens (tertiary/aromatic N) is 4. The Morgan fingerprint density at radius 1 is 1.26 bits per heavy atom. The molecule has 1 unspecified atom stereocenters. The van der Waals surface area contributed by atoms with Gasteiger partial charge in [0.05, 0.1) is 12.2 Å². The molecule has 0 amide bonds. The van der Waals surface area contributed by atoms with Gasteiger partial charge in [-0.1, -0.05) is 18.2 Å². The van der Waals surface area contributed by atoms with E-state index in [4.69, 9.17) is 4.99 Å². The molecule has 0 saturated carbocycles. The highest BCUT2D eigenvalue weighted by Crippen LogP contribution is 2.19. The molecule has 1 atom stereocenters. The van der Waals surface area contributed by atoms with Gasteiger partial charge in [-0.3, -0.25) is 4.68 Å². The first kappa shape index (κ1) is 19.3. The number of nitrogens with one attached hydrogen (secondary N) is 2. The lowest BCUT2D eigenvalue weighted by molar-refractivity contribution is 0.468. The van der Waals surface area contributed by atoms with Crippen LogP contribution in [0.3, 0.4) is 0 Å². The van der Waals surface area contributed by atoms with E-state index in [0.29, 0.717) is 12.6 Å². The zero-order valence-electron chi connectivity index (χ0n) is 17.0. The molecule has 1 aliphatic heterocycles. The molecule has 1 fully saturated rings. The molecule has 146 valence electrons. The van der Waals surface area contributed by atoms with Crippen molar-refractivity contribution in [1.29, 1.82) is 0 Å². The standard InChI is InChI=1S/C21H32N6/c1-5-22-21(23-14-20-16(2)25-26(4)17(20)3)24-18-10-9-13-27(15-18)19-11-7-6-8-12-19/h6-8,11-12,18H,5,9-10,13-15H2,1-4H3,(H2,22,23,24). The molecule has 6 nitrogen and oxygen atoms in total. The van der Waals surface area contributed by atoms with E-state index in [1.807, 2.05) is 11.7 Å². The second-order valence-corrected chi connectivity index (χ2v) is 7.23. The van der Waals surface area contributed by atoms with Crippen LogP contribution in [0.2, 0.25) is 0 Å². The molecule has 2 aromatic rings. The van der Waals surface area contributed by atoms with E-state index >= 15 is 0 Å². The number of hydrogen-bond donors (Lipinski definition) is 2. The first-order valence-corrected chi connectivity index (χ1v) is 9.92. The van der Waals surface area contributed by atoms with Crippen LogP contribution < -0.4 is 15.5 Å². The maximum absolute atomic E-state index is 4.83. The topological polar surface area (TPSA) is 57.5 Å². The highest BCUT2D eigenvalue weighted by Gasteiger charge is 2.21. The second kappa shape index (κ2) is 8.93. The lowest BCUT2D eigenvalue weighted by Gasteiger charge is -2.35. The van der Waals surface area contributed by atoms with Gasteiger partial charge < -0.3 is 15.5 Å². The van der Waals surface area contributed by atoms with Crippen molar-refractivity contribution in [3.8, 4) is 0 Å². The van der Waals surface area contributed by atoms with E-state index in [2.05, 4.69) is 71.7 Å². The summed E-state index contributed by atoms with van der Waals surface area (Å²) in [5.41, 5.74) is 4.75. The number of guanidine groups is 1. The molecular formula is C21H32N6. The third-order valence-electron chi connectivity index (χ3n) is 5.28. The Balaban J connectivity index is 1.66. The third-order valence-corrected chi connectivity index (χ3v) is 5.28. The average Bonchev–Trinajstić information content (AvgIpc) is 2.92. The number of piperidine rings is 1. The van der Waals surface area contributed by atoms with E-state index in [9.17, 15) is 0 Å². The molecule has 0 bridgehead atoms. The summed E-state index contributed by atoms with van der Waals surface area (Å²) in [5.74, 6) is 0.889. The Morgan fingerprint density at radius 2 is 2.04 bits per heavy atom. The Kier molecular flexibility index (Phi) is 6.37. The molecule has 1 aliphatic rings. The van der Waals surface area contributed by atoms with E-state index in [-0.39, 0.29) is 0 Å². The smallest absolute Gasteiger partial charge is 0.191 e. The first-order chi connectivity index (χ1) is 13.1. The van der Waals surface area contributed by atoms with Gasteiger partial charge in [0.25, 0.3) is 0 Å². The fraction of sp³-hybridized carbons (Fsp3) is 0.524. The van der Waals surface area contributed by atoms with Crippen LogP contribution in [0.15, 0.2) is 35.3 Å². The zero-order valence-corrected chi connectivity index (χ0v) is 17.0. The van der Waals surface area contributed by atoms with Crippen molar-refractivity contribution in [2.45, 2.75) is 46.2 Å². The van der Waals surface area contributed by atoms with Gasteiger partial charge in [-0.2, -0.15) is 5.10 Å². The van der Waals surface area contributed by atoms with Gasteiger partial charge in [-0.25, -0.2) is 4.99 Å². The molecule has 1 saturated heterocycles. The Labute approximate surface area is 162 Å². The predicted octanol–water partition coefficient (Wildman–Crippen LogP) is 2.76. The lowest BCUT2D eigenvalue weighted by Crippen LogP contribution is -2.51. The minimum Gasteiger partial charge on any atom is -0.369 e. The fourth-order valence-corrected chi connectivity index (χ4v) is 3.69. The van der Waals surface area contributed by atoms with Crippen molar-refractivity contribution in [2.75, 3.05) is 24.5 Å². The quantitative estimate of drug-likeness (QED) is 0.629. The van der Waals surface area contributed by atoms with Gasteiger partial charge in [0, 0.05) is 49.7 Å². The number of aryl methyl sites for hydroxylation is 2. The highest BCUT2D eigenvalue weighted by atomic mass is 15.3. The van der Waals surface area contributed by atoms with Gasteiger partial charge in [0.2, 0.25) is 0 Å². The zero-order chi connectivity index (χ0) is 19.2. The molecule has 0 spiro atoms. The first-order valence-electron chi connectivity index (χ1n) is 9.92. The number of aromatic nitrogens is 2. The summed E-state index contributed by atoms with van der Waals surface area (Å²) in [5, 5.41) is 11.5. The van der Waals surface area contributed by atoms with Crippen molar-refractivity contribution < 1.29 is 0 Å². The molecule has 2 N–H and O–H groups in total. The number of hydrogen-bond acceptors (Lipinski definition) is 3. The van der Waals surface area contributed by atoms with Gasteiger partial charge in [0.15, 0.2) is 5.96 Å². The second-order valence-electron chi connectivity index (χ2n) is 7.23. The molecule has 27 heavy (non-hydrogen) atoms. The molecule has 1 aromatic carbocycles. The minimum absolute atomic E-state index is 0.396. The van der Waals surface area contributed by atoms with Crippen LogP contribution in [0.4, 0.5) is 5.69 Å². The molecular weight excluding hydrogens is 336 g/mol. The molecule has 2 heterocycles. The summed E-state index contributed by atoms with van der Waals surface area (Å²) < 4.78 is 1.93. The van der Waals surface area contributed by atoms with Crippen molar-refractivity contribution in [2.24, 2.45) is 12.0 Å². The number of anilines is 1. The van der Waals surface area contributed by atoms with Crippen molar-refractivity contribution in [3.05, 3.63) is 47.3 Å². The summed E-state index contributed by atoms with van der Waals surface area (Å²) in [6, 6.07) is 11.1. The fourth-order valence-electron chi connectivity index (χ4n) is 3.69. The number of benzene rings is 1. The van der Waals surface area contributed by atoms with Crippen LogP contribution in [-0.2, 0) is 13.6 Å². The minimum atomic E-state index is 0.396. The van der Waals surface area contributed by atoms with Crippen LogP contribution in [0, 0.1) is 13.8 Å². The Bertz CT molecular complexity index is 764. The summed E-state index contributed by atoms with van der Waals surface area (Å²) in [6.07, 6.45) is 2.35. The Hall–Kier alpha value is -2.50. The van der Waals surface area contributed by atoms with Gasteiger partial charge in [-0.05, 0) is 45.7 Å². The van der Waals surface area contributed by atoms with E-state index in [1.165, 1.54) is 29.8 Å². The molecule has 6 heteroatoms. The summed E-state index contributed by atoms with van der Waals surface area (Å²) in [7, 11) is 1.99. The SMILES string of the molecule is CCNC(=NCc1c(C)nn(C)c1C)NC1CCCN(c2ccccc2)C1. The monoisotopic (exact) mass is 368 g/mol. The largest absolute Gasteiger partial charge is 0.369 e. The molecule has 3 rings (SSSR count). The van der Waals surface area contributed by atoms with Gasteiger partial charge >= 0.3 is 0 Å². The van der Waals surface area contributed by atoms with Crippen molar-refractivity contribution in [1.82, 2.24) is 20.4 Å². The van der Waals surface area contributed by atoms with Gasteiger partial charge in [-0.15, -0.1) is 0 Å². The predicted molar refractivity (Wildman–Crippen MR) is 112 cm³/mol. The normalized spacial score (nSPS) is 17.9. The maximum atomic E-state index is 4.83. The highest BCUT2D eigenvalue weighted by molar-refractivity contribution is 5.80. The molecule has 0 radical (unpaired) electrons. The number of para-hydroxylation sites is 1. The van der Waals surface area contributed by atoms with E-state index < -0.39 is 0 Å². The number of aliphatic imine (C=N–C) groups is 1. The van der Waals surface area contributed by atoms with Crippen LogP contribution in [0.1, 0.15) is 36.7 Å². The Morgan fingerprint density at radius 3 is 2.70 bits per heavy atom. The van der Waals surface area contributed by atoms with Crippen LogP contribution in [-0.4, -0.2) is 41.4 Å². The van der Waals surface area contributed by atoms with Crippen LogP contribution >= 0.6 is 0 Å². The van der Waals surface area contributed by atoms with Crippen LogP contribution in [0.25, 0.3) is 0 Å². The summed E-state index contributed by atoms with van der Waals surface area (Å²) >= 11 is 0. The van der Waals surface area contributed by atoms with Crippen molar-refractivity contribution in [3.63, 3.8) is 0 Å². The lowest BCUT2D eigenvalue weighted by atomic mass is 10.1. The summed E-state index contributed by atoms with van der Waals surface area (Å²) in [4.78, 5) is 7.29. The molecule has 0 aliphatic carbocycles. The summed E-state index contributed by atoms with van der Waals surface area (Å²) in [6.45, 7) is 9.88. The average molecular weight is 369 g/mol. The van der Waals surface area contributed by atoms with E-state index in [1.54, 1.807) is 0 Å². The maximum Gasteiger partial charge on any atom is 0.191 e. The van der Waals surface area contributed by atoms with Crippen molar-refractivity contribution >= 4 is 11.6 Å². The van der Waals surface area contributed by atoms with Gasteiger partial charge in [0.1, 0.15) is 0 Å². The van der Waals surface area contributed by atoms with E-state index in [0.717, 1.165) is 31.3 Å². The number of rotatable bonds is 5. The third kappa shape index (κ3) is 4.81. The van der Waals surface area contributed by atoms with Crippen LogP contribution in [0.5, 0.6) is 0 Å². The molecule has 1 aromatic heterocycles.